The third kappa shape index (κ3) is 3.59. The van der Waals surface area contributed by atoms with Crippen molar-refractivity contribution in [3.8, 4) is 27.9 Å². The van der Waals surface area contributed by atoms with Crippen LogP contribution in [0.3, 0.4) is 0 Å². The van der Waals surface area contributed by atoms with Crippen molar-refractivity contribution in [3.05, 3.63) is 129 Å². The maximum Gasteiger partial charge on any atom is 0.333 e. The summed E-state index contributed by atoms with van der Waals surface area (Å²) < 4.78 is 15.0. The van der Waals surface area contributed by atoms with Gasteiger partial charge in [-0.15, -0.1) is 0 Å². The maximum atomic E-state index is 13.9. The summed E-state index contributed by atoms with van der Waals surface area (Å²) in [5, 5.41) is 2.53. The fourth-order valence-electron chi connectivity index (χ4n) is 4.61. The topological polar surface area (TPSA) is 67.8 Å². The summed E-state index contributed by atoms with van der Waals surface area (Å²) in [6, 6.07) is 25.0. The molecule has 0 fully saturated rings. The Morgan fingerprint density at radius 3 is 2.47 bits per heavy atom. The minimum Gasteiger partial charge on any atom is -0.306 e. The van der Waals surface area contributed by atoms with E-state index in [1.165, 1.54) is 6.07 Å². The van der Waals surface area contributed by atoms with Crippen LogP contribution in [0.25, 0.3) is 49.6 Å². The highest BCUT2D eigenvalue weighted by molar-refractivity contribution is 6.34. The molecule has 6 aromatic rings. The number of rotatable bonds is 3. The van der Waals surface area contributed by atoms with Crippen molar-refractivity contribution >= 4 is 33.3 Å². The van der Waals surface area contributed by atoms with Gasteiger partial charge >= 0.3 is 5.69 Å². The Bertz CT molecular complexity index is 1920. The Balaban J connectivity index is 1.57. The number of H-pyrrole nitrogens is 1. The minimum atomic E-state index is -0.547. The molecule has 7 heteroatoms. The van der Waals surface area contributed by atoms with Crippen LogP contribution < -0.4 is 11.2 Å². The largest absolute Gasteiger partial charge is 0.333 e. The van der Waals surface area contributed by atoms with E-state index < -0.39 is 17.1 Å². The first-order chi connectivity index (χ1) is 17.5. The molecule has 36 heavy (non-hydrogen) atoms. The number of nitrogens with one attached hydrogen (secondary N) is 1. The predicted molar refractivity (Wildman–Crippen MR) is 141 cm³/mol. The summed E-state index contributed by atoms with van der Waals surface area (Å²) >= 11 is 6.58. The zero-order valence-corrected chi connectivity index (χ0v) is 19.5. The molecule has 0 saturated carbocycles. The number of hydrogen-bond acceptors (Lipinski definition) is 3. The number of fused-ring (bicyclic) bond motifs is 2. The van der Waals surface area contributed by atoms with E-state index in [2.05, 4.69) is 9.97 Å². The van der Waals surface area contributed by atoms with Crippen molar-refractivity contribution in [2.75, 3.05) is 0 Å². The summed E-state index contributed by atoms with van der Waals surface area (Å²) in [6.45, 7) is 0. The smallest absolute Gasteiger partial charge is 0.306 e. The molecular weight excluding hydrogens is 477 g/mol. The molecule has 6 rings (SSSR count). The summed E-state index contributed by atoms with van der Waals surface area (Å²) in [5.74, 6) is -0.463. The third-order valence-corrected chi connectivity index (χ3v) is 6.54. The van der Waals surface area contributed by atoms with E-state index in [4.69, 9.17) is 11.6 Å². The Hall–Kier alpha value is -4.55. The van der Waals surface area contributed by atoms with Crippen LogP contribution in [-0.4, -0.2) is 14.5 Å². The minimum absolute atomic E-state index is 0.354. The van der Waals surface area contributed by atoms with Gasteiger partial charge in [0, 0.05) is 27.7 Å². The Labute approximate surface area is 209 Å². The first kappa shape index (κ1) is 21.9. The molecule has 174 valence electrons. The molecule has 0 aliphatic rings. The van der Waals surface area contributed by atoms with Gasteiger partial charge in [-0.1, -0.05) is 66.2 Å². The van der Waals surface area contributed by atoms with Crippen LogP contribution in [0.2, 0.25) is 5.02 Å². The highest BCUT2D eigenvalue weighted by atomic mass is 35.5. The maximum absolute atomic E-state index is 13.9. The average molecular weight is 494 g/mol. The predicted octanol–water partition coefficient (Wildman–Crippen LogP) is 6.35. The lowest BCUT2D eigenvalue weighted by Gasteiger charge is -2.14. The van der Waals surface area contributed by atoms with E-state index in [-0.39, 0.29) is 0 Å². The number of nitrogens with zero attached hydrogens (tertiary/aromatic N) is 2. The number of pyridine rings is 1. The summed E-state index contributed by atoms with van der Waals surface area (Å²) in [6.07, 6.45) is 2.69. The van der Waals surface area contributed by atoms with Gasteiger partial charge in [-0.3, -0.25) is 9.78 Å². The van der Waals surface area contributed by atoms with Crippen LogP contribution in [0.1, 0.15) is 0 Å². The Morgan fingerprint density at radius 1 is 0.806 bits per heavy atom. The lowest BCUT2D eigenvalue weighted by molar-refractivity contribution is 0.622. The summed E-state index contributed by atoms with van der Waals surface area (Å²) in [5.41, 5.74) is 2.48. The number of aromatic nitrogens is 3. The number of hydrogen-bond donors (Lipinski definition) is 1. The SMILES string of the molecule is O=c1[nH]c2cc(-c3c(Cl)cccc3-c3cncc(F)c3)ccc2c(=O)n1-c1cccc2ccccc12. The van der Waals surface area contributed by atoms with Crippen LogP contribution in [-0.2, 0) is 0 Å². The monoisotopic (exact) mass is 493 g/mol. The summed E-state index contributed by atoms with van der Waals surface area (Å²) in [4.78, 5) is 33.5. The molecule has 0 bridgehead atoms. The average Bonchev–Trinajstić information content (AvgIpc) is 2.88. The lowest BCUT2D eigenvalue weighted by Crippen LogP contribution is -2.33. The van der Waals surface area contributed by atoms with E-state index >= 15 is 0 Å². The van der Waals surface area contributed by atoms with Gasteiger partial charge in [-0.05, 0) is 46.8 Å². The van der Waals surface area contributed by atoms with Crippen LogP contribution in [0.5, 0.6) is 0 Å². The van der Waals surface area contributed by atoms with Crippen LogP contribution in [0.4, 0.5) is 4.39 Å². The molecule has 5 nitrogen and oxygen atoms in total. The third-order valence-electron chi connectivity index (χ3n) is 6.22. The molecule has 2 heterocycles. The molecule has 4 aromatic carbocycles. The van der Waals surface area contributed by atoms with Gasteiger partial charge in [0.1, 0.15) is 5.82 Å². The molecule has 0 spiro atoms. The Kier molecular flexibility index (Phi) is 5.24. The van der Waals surface area contributed by atoms with Crippen molar-refractivity contribution < 1.29 is 4.39 Å². The fourth-order valence-corrected chi connectivity index (χ4v) is 4.90. The van der Waals surface area contributed by atoms with E-state index in [0.717, 1.165) is 21.5 Å². The van der Waals surface area contributed by atoms with Gasteiger partial charge in [0.15, 0.2) is 0 Å². The van der Waals surface area contributed by atoms with Gasteiger partial charge in [-0.2, -0.15) is 0 Å². The van der Waals surface area contributed by atoms with Crippen molar-refractivity contribution in [2.45, 2.75) is 0 Å². The number of halogens is 2. The van der Waals surface area contributed by atoms with Gasteiger partial charge < -0.3 is 4.98 Å². The second-order valence-electron chi connectivity index (χ2n) is 8.38. The molecule has 0 saturated heterocycles. The molecule has 0 radical (unpaired) electrons. The van der Waals surface area contributed by atoms with Gasteiger partial charge in [0.25, 0.3) is 5.56 Å². The van der Waals surface area contributed by atoms with Crippen molar-refractivity contribution in [2.24, 2.45) is 0 Å². The van der Waals surface area contributed by atoms with E-state index in [0.29, 0.717) is 43.9 Å². The number of benzene rings is 4. The second-order valence-corrected chi connectivity index (χ2v) is 8.79. The van der Waals surface area contributed by atoms with E-state index in [1.54, 1.807) is 42.6 Å². The van der Waals surface area contributed by atoms with Crippen molar-refractivity contribution in [1.82, 2.24) is 14.5 Å². The van der Waals surface area contributed by atoms with Gasteiger partial charge in [0.2, 0.25) is 0 Å². The van der Waals surface area contributed by atoms with Gasteiger partial charge in [-0.25, -0.2) is 13.8 Å². The molecule has 2 aromatic heterocycles. The molecule has 0 aliphatic heterocycles. The quantitative estimate of drug-likeness (QED) is 0.312. The Morgan fingerprint density at radius 2 is 1.61 bits per heavy atom. The van der Waals surface area contributed by atoms with E-state index in [9.17, 15) is 14.0 Å². The first-order valence-electron chi connectivity index (χ1n) is 11.2. The second kappa shape index (κ2) is 8.59. The van der Waals surface area contributed by atoms with Crippen LogP contribution in [0.15, 0.2) is 107 Å². The zero-order chi connectivity index (χ0) is 24.8. The highest BCUT2D eigenvalue weighted by Crippen LogP contribution is 2.38. The standard InChI is InChI=1S/C29H17ClFN3O2/c30-24-9-4-8-22(19-13-20(31)16-32-15-19)27(24)18-11-12-23-25(14-18)33-29(36)34(28(23)35)26-10-3-6-17-5-1-2-7-21(17)26/h1-16H,(H,33,36). The lowest BCUT2D eigenvalue weighted by atomic mass is 9.94. The summed E-state index contributed by atoms with van der Waals surface area (Å²) in [7, 11) is 0. The normalized spacial score (nSPS) is 11.3. The van der Waals surface area contributed by atoms with Crippen LogP contribution in [0, 0.1) is 5.82 Å². The molecule has 0 aliphatic carbocycles. The zero-order valence-electron chi connectivity index (χ0n) is 18.7. The van der Waals surface area contributed by atoms with Gasteiger partial charge in [0.05, 0.1) is 22.8 Å². The van der Waals surface area contributed by atoms with Crippen LogP contribution >= 0.6 is 11.6 Å². The van der Waals surface area contributed by atoms with E-state index in [1.807, 2.05) is 42.5 Å². The molecular formula is C29H17ClFN3O2. The first-order valence-corrected chi connectivity index (χ1v) is 11.6. The fraction of sp³-hybridized carbons (Fsp3) is 0. The molecule has 1 N–H and O–H groups in total. The number of aromatic amines is 1. The highest BCUT2D eigenvalue weighted by Gasteiger charge is 2.16. The van der Waals surface area contributed by atoms with Crippen molar-refractivity contribution in [3.63, 3.8) is 0 Å². The molecule has 0 unspecified atom stereocenters. The molecule has 0 amide bonds. The van der Waals surface area contributed by atoms with Crippen molar-refractivity contribution in [1.29, 1.82) is 0 Å². The molecule has 0 atom stereocenters.